The number of aromatic nitrogens is 1. The van der Waals surface area contributed by atoms with Gasteiger partial charge in [0, 0.05) is 26.3 Å². The molecule has 1 aliphatic rings. The Morgan fingerprint density at radius 3 is 1.66 bits per heavy atom. The van der Waals surface area contributed by atoms with Crippen molar-refractivity contribution < 1.29 is 0 Å². The lowest BCUT2D eigenvalue weighted by Crippen LogP contribution is -2.15. The van der Waals surface area contributed by atoms with Gasteiger partial charge in [-0.1, -0.05) is 121 Å². The summed E-state index contributed by atoms with van der Waals surface area (Å²) in [6.07, 6.45) is 0. The van der Waals surface area contributed by atoms with Gasteiger partial charge in [-0.3, -0.25) is 0 Å². The smallest absolute Gasteiger partial charge is 0.0547 e. The third-order valence-electron chi connectivity index (χ3n) is 8.86. The molecule has 41 heavy (non-hydrogen) atoms. The predicted octanol–water partition coefficient (Wildman–Crippen LogP) is 11.2. The summed E-state index contributed by atoms with van der Waals surface area (Å²) in [5.74, 6) is 0. The zero-order valence-electron chi connectivity index (χ0n) is 23.0. The summed E-state index contributed by atoms with van der Waals surface area (Å²) in [5, 5.41) is 2.54. The Morgan fingerprint density at radius 1 is 0.488 bits per heavy atom. The summed E-state index contributed by atoms with van der Waals surface area (Å²) in [7, 11) is 0. The van der Waals surface area contributed by atoms with Crippen molar-refractivity contribution in [1.29, 1.82) is 0 Å². The summed E-state index contributed by atoms with van der Waals surface area (Å²) in [4.78, 5) is 0. The molecular formula is C39H28BrN. The Labute approximate surface area is 248 Å². The molecule has 0 unspecified atom stereocenters. The SMILES string of the molecule is CC1(C)c2cc(Br)ccc2-c2ccc(-c3ccc4c5ccc(-c6ccccc6)cc5n(-c5ccccc5)c4c3)cc21. The fraction of sp³-hybridized carbons (Fsp3) is 0.0769. The highest BCUT2D eigenvalue weighted by Gasteiger charge is 2.35. The average molecular weight is 591 g/mol. The molecule has 0 radical (unpaired) electrons. The van der Waals surface area contributed by atoms with Gasteiger partial charge in [0.05, 0.1) is 11.0 Å². The molecule has 0 saturated heterocycles. The van der Waals surface area contributed by atoms with Gasteiger partial charge >= 0.3 is 0 Å². The van der Waals surface area contributed by atoms with Crippen molar-refractivity contribution in [3.8, 4) is 39.1 Å². The first-order chi connectivity index (χ1) is 20.0. The summed E-state index contributed by atoms with van der Waals surface area (Å²) >= 11 is 3.69. The number of fused-ring (bicyclic) bond motifs is 6. The average Bonchev–Trinajstić information content (AvgIpc) is 3.45. The molecule has 0 spiro atoms. The number of halogens is 1. The van der Waals surface area contributed by atoms with Gasteiger partial charge in [0.1, 0.15) is 0 Å². The lowest BCUT2D eigenvalue weighted by molar-refractivity contribution is 0.660. The number of hydrogen-bond donors (Lipinski definition) is 0. The largest absolute Gasteiger partial charge is 0.309 e. The van der Waals surface area contributed by atoms with Gasteiger partial charge in [-0.05, 0) is 87.0 Å². The van der Waals surface area contributed by atoms with Crippen LogP contribution in [0.3, 0.4) is 0 Å². The predicted molar refractivity (Wildman–Crippen MR) is 177 cm³/mol. The van der Waals surface area contributed by atoms with E-state index in [0.717, 1.165) is 4.47 Å². The molecule has 0 fully saturated rings. The van der Waals surface area contributed by atoms with Crippen LogP contribution in [0.25, 0.3) is 60.9 Å². The quantitative estimate of drug-likeness (QED) is 0.193. The van der Waals surface area contributed by atoms with E-state index < -0.39 is 0 Å². The highest BCUT2D eigenvalue weighted by Crippen LogP contribution is 2.50. The van der Waals surface area contributed by atoms with Crippen molar-refractivity contribution in [2.24, 2.45) is 0 Å². The Morgan fingerprint density at radius 2 is 1.00 bits per heavy atom. The van der Waals surface area contributed by atoms with Crippen molar-refractivity contribution in [3.05, 3.63) is 149 Å². The van der Waals surface area contributed by atoms with E-state index >= 15 is 0 Å². The van der Waals surface area contributed by atoms with E-state index in [1.54, 1.807) is 0 Å². The molecule has 0 saturated carbocycles. The number of rotatable bonds is 3. The van der Waals surface area contributed by atoms with Gasteiger partial charge in [0.15, 0.2) is 0 Å². The molecule has 196 valence electrons. The molecule has 1 heterocycles. The van der Waals surface area contributed by atoms with E-state index in [0.29, 0.717) is 0 Å². The van der Waals surface area contributed by atoms with Crippen LogP contribution in [-0.2, 0) is 5.41 Å². The molecular weight excluding hydrogens is 562 g/mol. The summed E-state index contributed by atoms with van der Waals surface area (Å²) in [6, 6.07) is 48.9. The third-order valence-corrected chi connectivity index (χ3v) is 9.35. The lowest BCUT2D eigenvalue weighted by atomic mass is 9.81. The molecule has 1 aliphatic carbocycles. The first-order valence-electron chi connectivity index (χ1n) is 14.1. The van der Waals surface area contributed by atoms with Gasteiger partial charge in [0.2, 0.25) is 0 Å². The van der Waals surface area contributed by atoms with Crippen LogP contribution in [0.1, 0.15) is 25.0 Å². The van der Waals surface area contributed by atoms with Gasteiger partial charge in [-0.25, -0.2) is 0 Å². The molecule has 0 atom stereocenters. The minimum Gasteiger partial charge on any atom is -0.309 e. The second-order valence-corrected chi connectivity index (χ2v) is 12.5. The normalized spacial score (nSPS) is 13.4. The number of para-hydroxylation sites is 1. The van der Waals surface area contributed by atoms with Crippen molar-refractivity contribution in [3.63, 3.8) is 0 Å². The van der Waals surface area contributed by atoms with E-state index in [4.69, 9.17) is 0 Å². The number of benzene rings is 6. The Bertz CT molecular complexity index is 2120. The van der Waals surface area contributed by atoms with Crippen molar-refractivity contribution in [2.75, 3.05) is 0 Å². The highest BCUT2D eigenvalue weighted by molar-refractivity contribution is 9.10. The minimum absolute atomic E-state index is 0.0542. The van der Waals surface area contributed by atoms with Crippen LogP contribution >= 0.6 is 15.9 Å². The molecule has 2 heteroatoms. The topological polar surface area (TPSA) is 4.93 Å². The van der Waals surface area contributed by atoms with E-state index in [1.165, 1.54) is 72.0 Å². The van der Waals surface area contributed by atoms with E-state index in [1.807, 2.05) is 0 Å². The number of hydrogen-bond acceptors (Lipinski definition) is 0. The number of nitrogens with zero attached hydrogens (tertiary/aromatic N) is 1. The van der Waals surface area contributed by atoms with Crippen molar-refractivity contribution >= 4 is 37.7 Å². The molecule has 7 aromatic rings. The minimum atomic E-state index is -0.0542. The highest BCUT2D eigenvalue weighted by atomic mass is 79.9. The van der Waals surface area contributed by atoms with Crippen LogP contribution in [-0.4, -0.2) is 4.57 Å². The maximum Gasteiger partial charge on any atom is 0.0547 e. The molecule has 0 aliphatic heterocycles. The summed E-state index contributed by atoms with van der Waals surface area (Å²) in [5.41, 5.74) is 14.0. The van der Waals surface area contributed by atoms with E-state index in [2.05, 4.69) is 168 Å². The first kappa shape index (κ1) is 24.4. The first-order valence-corrected chi connectivity index (χ1v) is 14.9. The van der Waals surface area contributed by atoms with Crippen LogP contribution in [0.15, 0.2) is 138 Å². The third kappa shape index (κ3) is 3.74. The Hall–Kier alpha value is -4.40. The van der Waals surface area contributed by atoms with E-state index in [-0.39, 0.29) is 5.41 Å². The van der Waals surface area contributed by atoms with Crippen LogP contribution < -0.4 is 0 Å². The fourth-order valence-corrected chi connectivity index (χ4v) is 7.11. The van der Waals surface area contributed by atoms with Crippen molar-refractivity contribution in [2.45, 2.75) is 19.3 Å². The molecule has 0 amide bonds. The van der Waals surface area contributed by atoms with Crippen molar-refractivity contribution in [1.82, 2.24) is 4.57 Å². The molecule has 6 aromatic carbocycles. The molecule has 1 nitrogen and oxygen atoms in total. The Balaban J connectivity index is 1.34. The van der Waals surface area contributed by atoms with Gasteiger partial charge < -0.3 is 4.57 Å². The Kier molecular flexibility index (Phi) is 5.39. The zero-order valence-corrected chi connectivity index (χ0v) is 24.6. The van der Waals surface area contributed by atoms with Gasteiger partial charge in [-0.15, -0.1) is 0 Å². The fourth-order valence-electron chi connectivity index (χ4n) is 6.75. The molecule has 8 rings (SSSR count). The monoisotopic (exact) mass is 589 g/mol. The van der Waals surface area contributed by atoms with Gasteiger partial charge in [-0.2, -0.15) is 0 Å². The van der Waals surface area contributed by atoms with Crippen LogP contribution in [0.4, 0.5) is 0 Å². The van der Waals surface area contributed by atoms with Gasteiger partial charge in [0.25, 0.3) is 0 Å². The van der Waals surface area contributed by atoms with Crippen LogP contribution in [0.2, 0.25) is 0 Å². The maximum atomic E-state index is 3.69. The zero-order chi connectivity index (χ0) is 27.7. The maximum absolute atomic E-state index is 3.69. The molecule has 0 N–H and O–H groups in total. The van der Waals surface area contributed by atoms with Crippen LogP contribution in [0, 0.1) is 0 Å². The standard InChI is InChI=1S/C39H28BrN/c1-39(2)35-21-26(13-17-31(35)32-20-16-29(40)24-36(32)39)28-15-19-34-33-18-14-27(25-9-5-3-6-10-25)22-37(33)41(38(34)23-28)30-11-7-4-8-12-30/h3-24H,1-2H3. The van der Waals surface area contributed by atoms with Crippen LogP contribution in [0.5, 0.6) is 0 Å². The lowest BCUT2D eigenvalue weighted by Gasteiger charge is -2.22. The van der Waals surface area contributed by atoms with E-state index in [9.17, 15) is 0 Å². The second-order valence-electron chi connectivity index (χ2n) is 11.6. The second kappa shape index (κ2) is 9.06. The summed E-state index contributed by atoms with van der Waals surface area (Å²) in [6.45, 7) is 4.68. The summed E-state index contributed by atoms with van der Waals surface area (Å²) < 4.78 is 3.55. The molecule has 0 bridgehead atoms. The molecule has 1 aromatic heterocycles.